The Morgan fingerprint density at radius 3 is 2.77 bits per heavy atom. The Balaban J connectivity index is 2.16. The molecule has 0 aliphatic rings. The van der Waals surface area contributed by atoms with Gasteiger partial charge in [-0.15, -0.1) is 11.8 Å². The van der Waals surface area contributed by atoms with Crippen LogP contribution in [0.25, 0.3) is 16.6 Å². The largest absolute Gasteiger partial charge is 0.465 e. The molecule has 136 valence electrons. The van der Waals surface area contributed by atoms with Crippen molar-refractivity contribution < 1.29 is 9.53 Å². The molecule has 0 aliphatic carbocycles. The lowest BCUT2D eigenvalue weighted by Gasteiger charge is -2.19. The molecule has 0 unspecified atom stereocenters. The fourth-order valence-corrected chi connectivity index (χ4v) is 3.59. The number of benzene rings is 1. The number of carbonyl (C=O) groups is 1. The molecule has 0 saturated heterocycles. The molecule has 3 aromatic rings. The summed E-state index contributed by atoms with van der Waals surface area (Å²) in [5, 5.41) is 6.01. The van der Waals surface area contributed by atoms with Gasteiger partial charge in [0.25, 0.3) is 0 Å². The van der Waals surface area contributed by atoms with E-state index in [2.05, 4.69) is 30.9 Å². The Morgan fingerprint density at radius 2 is 2.08 bits per heavy atom. The Morgan fingerprint density at radius 1 is 1.31 bits per heavy atom. The molecule has 7 heteroatoms. The average molecular weight is 390 g/mol. The van der Waals surface area contributed by atoms with Crippen molar-refractivity contribution in [2.75, 3.05) is 7.11 Å². The monoisotopic (exact) mass is 389 g/mol. The Labute approximate surface area is 161 Å². The molecule has 5 nitrogen and oxygen atoms in total. The van der Waals surface area contributed by atoms with Gasteiger partial charge in [-0.25, -0.2) is 9.48 Å². The first-order valence-corrected chi connectivity index (χ1v) is 9.50. The van der Waals surface area contributed by atoms with Crippen LogP contribution < -0.4 is 0 Å². The highest BCUT2D eigenvalue weighted by atomic mass is 35.5. The number of esters is 1. The molecule has 0 amide bonds. The third-order valence-corrected chi connectivity index (χ3v) is 5.34. The number of hydrogen-bond acceptors (Lipinski definition) is 5. The number of methoxy groups -OCH3 is 1. The van der Waals surface area contributed by atoms with Crippen LogP contribution in [0.1, 0.15) is 36.8 Å². The van der Waals surface area contributed by atoms with Crippen molar-refractivity contribution in [2.24, 2.45) is 0 Å². The maximum atomic E-state index is 12.2. The second-order valence-electron chi connectivity index (χ2n) is 6.80. The van der Waals surface area contributed by atoms with E-state index in [0.717, 1.165) is 22.3 Å². The van der Waals surface area contributed by atoms with Gasteiger partial charge >= 0.3 is 5.97 Å². The fourth-order valence-electron chi connectivity index (χ4n) is 2.58. The van der Waals surface area contributed by atoms with Crippen LogP contribution in [-0.2, 0) is 10.5 Å². The number of aromatic nitrogens is 3. The number of thioether (sulfide) groups is 1. The Bertz CT molecular complexity index is 963. The van der Waals surface area contributed by atoms with Crippen LogP contribution in [0, 0.1) is 0 Å². The smallest absolute Gasteiger partial charge is 0.341 e. The second-order valence-corrected chi connectivity index (χ2v) is 9.04. The molecular formula is C19H20ClN3O2S. The SMILES string of the molecule is COC(=O)c1cnn(-c2ccnc3cc(Cl)ccc23)c1CSC(C)(C)C. The van der Waals surface area contributed by atoms with Gasteiger partial charge in [-0.2, -0.15) is 5.10 Å². The minimum Gasteiger partial charge on any atom is -0.465 e. The summed E-state index contributed by atoms with van der Waals surface area (Å²) in [7, 11) is 1.38. The summed E-state index contributed by atoms with van der Waals surface area (Å²) in [5.41, 5.74) is 2.91. The van der Waals surface area contributed by atoms with E-state index in [1.54, 1.807) is 28.8 Å². The van der Waals surface area contributed by atoms with E-state index in [-0.39, 0.29) is 10.7 Å². The quantitative estimate of drug-likeness (QED) is 0.594. The van der Waals surface area contributed by atoms with Gasteiger partial charge in [0, 0.05) is 27.1 Å². The molecule has 3 rings (SSSR count). The molecule has 0 N–H and O–H groups in total. The number of nitrogens with zero attached hydrogens (tertiary/aromatic N) is 3. The highest BCUT2D eigenvalue weighted by Gasteiger charge is 2.22. The van der Waals surface area contributed by atoms with Crippen LogP contribution in [-0.4, -0.2) is 32.6 Å². The molecule has 1 aromatic carbocycles. The molecule has 0 atom stereocenters. The number of halogens is 1. The van der Waals surface area contributed by atoms with Crippen LogP contribution in [0.15, 0.2) is 36.7 Å². The normalized spacial score (nSPS) is 11.7. The van der Waals surface area contributed by atoms with E-state index in [1.165, 1.54) is 7.11 Å². The maximum Gasteiger partial charge on any atom is 0.341 e. The van der Waals surface area contributed by atoms with E-state index >= 15 is 0 Å². The molecule has 2 heterocycles. The standard InChI is InChI=1S/C19H20ClN3O2S/c1-19(2,3)26-11-17-14(18(24)25-4)10-22-23(17)16-7-8-21-15-9-12(20)5-6-13(15)16/h5-10H,11H2,1-4H3. The number of carbonyl (C=O) groups excluding carboxylic acids is 1. The summed E-state index contributed by atoms with van der Waals surface area (Å²) in [4.78, 5) is 16.6. The van der Waals surface area contributed by atoms with E-state index in [4.69, 9.17) is 16.3 Å². The van der Waals surface area contributed by atoms with Gasteiger partial charge in [0.05, 0.1) is 30.2 Å². The summed E-state index contributed by atoms with van der Waals surface area (Å²) >= 11 is 7.83. The molecule has 2 aromatic heterocycles. The van der Waals surface area contributed by atoms with E-state index in [1.807, 2.05) is 24.3 Å². The lowest BCUT2D eigenvalue weighted by Crippen LogP contribution is -2.12. The van der Waals surface area contributed by atoms with Gasteiger partial charge in [0.1, 0.15) is 5.56 Å². The summed E-state index contributed by atoms with van der Waals surface area (Å²) in [6, 6.07) is 7.44. The summed E-state index contributed by atoms with van der Waals surface area (Å²) < 4.78 is 6.78. The van der Waals surface area contributed by atoms with Crippen molar-refractivity contribution in [1.29, 1.82) is 0 Å². The number of hydrogen-bond donors (Lipinski definition) is 0. The predicted molar refractivity (Wildman–Crippen MR) is 106 cm³/mol. The third-order valence-electron chi connectivity index (χ3n) is 3.83. The molecule has 0 aliphatic heterocycles. The first kappa shape index (κ1) is 18.7. The minimum absolute atomic E-state index is 0.0519. The fraction of sp³-hybridized carbons (Fsp3) is 0.316. The van der Waals surface area contributed by atoms with Crippen LogP contribution in [0.2, 0.25) is 5.02 Å². The molecule has 26 heavy (non-hydrogen) atoms. The summed E-state index contributed by atoms with van der Waals surface area (Å²) in [6.07, 6.45) is 3.28. The lowest BCUT2D eigenvalue weighted by molar-refractivity contribution is 0.0599. The summed E-state index contributed by atoms with van der Waals surface area (Å²) in [6.45, 7) is 6.42. The van der Waals surface area contributed by atoms with Gasteiger partial charge in [-0.3, -0.25) is 4.98 Å². The topological polar surface area (TPSA) is 57.0 Å². The van der Waals surface area contributed by atoms with Crippen LogP contribution in [0.4, 0.5) is 0 Å². The maximum absolute atomic E-state index is 12.2. The van der Waals surface area contributed by atoms with Crippen molar-refractivity contribution in [3.8, 4) is 5.69 Å². The number of ether oxygens (including phenoxy) is 1. The van der Waals surface area contributed by atoms with E-state index in [0.29, 0.717) is 16.3 Å². The highest BCUT2D eigenvalue weighted by Crippen LogP contribution is 2.31. The van der Waals surface area contributed by atoms with Crippen LogP contribution >= 0.6 is 23.4 Å². The average Bonchev–Trinajstić information content (AvgIpc) is 3.01. The van der Waals surface area contributed by atoms with Crippen molar-refractivity contribution in [3.05, 3.63) is 52.9 Å². The molecule has 0 spiro atoms. The van der Waals surface area contributed by atoms with E-state index < -0.39 is 0 Å². The van der Waals surface area contributed by atoms with Crippen molar-refractivity contribution in [3.63, 3.8) is 0 Å². The first-order valence-electron chi connectivity index (χ1n) is 8.14. The first-order chi connectivity index (χ1) is 12.3. The van der Waals surface area contributed by atoms with Gasteiger partial charge in [0.2, 0.25) is 0 Å². The molecular weight excluding hydrogens is 370 g/mol. The van der Waals surface area contributed by atoms with Gasteiger partial charge in [-0.1, -0.05) is 32.4 Å². The van der Waals surface area contributed by atoms with Crippen molar-refractivity contribution in [1.82, 2.24) is 14.8 Å². The van der Waals surface area contributed by atoms with Crippen molar-refractivity contribution in [2.45, 2.75) is 31.3 Å². The van der Waals surface area contributed by atoms with Gasteiger partial charge < -0.3 is 4.74 Å². The number of rotatable bonds is 4. The second kappa shape index (κ2) is 7.29. The number of pyridine rings is 1. The molecule has 0 radical (unpaired) electrons. The predicted octanol–water partition coefficient (Wildman–Crippen LogP) is 4.89. The third kappa shape index (κ3) is 3.86. The Kier molecular flexibility index (Phi) is 5.25. The zero-order valence-electron chi connectivity index (χ0n) is 15.1. The number of fused-ring (bicyclic) bond motifs is 1. The summed E-state index contributed by atoms with van der Waals surface area (Å²) in [5.74, 6) is 0.243. The van der Waals surface area contributed by atoms with Crippen LogP contribution in [0.3, 0.4) is 0 Å². The van der Waals surface area contributed by atoms with Crippen LogP contribution in [0.5, 0.6) is 0 Å². The lowest BCUT2D eigenvalue weighted by atomic mass is 10.2. The van der Waals surface area contributed by atoms with E-state index in [9.17, 15) is 4.79 Å². The van der Waals surface area contributed by atoms with Gasteiger partial charge in [0.15, 0.2) is 0 Å². The Hall–Kier alpha value is -2.05. The zero-order chi connectivity index (χ0) is 18.9. The molecule has 0 saturated carbocycles. The minimum atomic E-state index is -0.387. The highest BCUT2D eigenvalue weighted by molar-refractivity contribution is 7.99. The van der Waals surface area contributed by atoms with Crippen molar-refractivity contribution >= 4 is 40.2 Å². The molecule has 0 bridgehead atoms. The zero-order valence-corrected chi connectivity index (χ0v) is 16.7. The molecule has 0 fully saturated rings. The van der Waals surface area contributed by atoms with Gasteiger partial charge in [-0.05, 0) is 24.3 Å².